The van der Waals surface area contributed by atoms with E-state index in [9.17, 15) is 0 Å². The predicted octanol–water partition coefficient (Wildman–Crippen LogP) is 2.03. The van der Waals surface area contributed by atoms with E-state index in [4.69, 9.17) is 9.47 Å². The third-order valence-corrected chi connectivity index (χ3v) is 3.54. The lowest BCUT2D eigenvalue weighted by Gasteiger charge is -2.23. The molecule has 1 aromatic rings. The molecule has 1 aliphatic heterocycles. The average molecular weight is 227 g/mol. The first-order valence-electron chi connectivity index (χ1n) is 5.31. The fraction of sp³-hybridized carbons (Fsp3) is 0.636. The van der Waals surface area contributed by atoms with Crippen LogP contribution in [0, 0.1) is 0 Å². The minimum atomic E-state index is 0.505. The molecule has 0 amide bonds. The molecule has 1 saturated heterocycles. The Morgan fingerprint density at radius 3 is 3.33 bits per heavy atom. The molecule has 2 heterocycles. The SMILES string of the molecule is COc1ccsc1CNC1CCCOC1. The number of ether oxygens (including phenoxy) is 2. The van der Waals surface area contributed by atoms with Gasteiger partial charge in [-0.3, -0.25) is 0 Å². The van der Waals surface area contributed by atoms with Gasteiger partial charge in [0.2, 0.25) is 0 Å². The number of hydrogen-bond donors (Lipinski definition) is 1. The van der Waals surface area contributed by atoms with Crippen LogP contribution in [0.2, 0.25) is 0 Å². The van der Waals surface area contributed by atoms with Crippen LogP contribution >= 0.6 is 11.3 Å². The van der Waals surface area contributed by atoms with Crippen molar-refractivity contribution >= 4 is 11.3 Å². The van der Waals surface area contributed by atoms with Gasteiger partial charge in [0.1, 0.15) is 5.75 Å². The molecule has 1 aromatic heterocycles. The van der Waals surface area contributed by atoms with E-state index in [-0.39, 0.29) is 0 Å². The maximum absolute atomic E-state index is 5.42. The first-order valence-corrected chi connectivity index (χ1v) is 6.19. The summed E-state index contributed by atoms with van der Waals surface area (Å²) in [6.07, 6.45) is 2.38. The van der Waals surface area contributed by atoms with Crippen molar-refractivity contribution in [3.8, 4) is 5.75 Å². The van der Waals surface area contributed by atoms with E-state index >= 15 is 0 Å². The van der Waals surface area contributed by atoms with E-state index in [1.165, 1.54) is 17.7 Å². The summed E-state index contributed by atoms with van der Waals surface area (Å²) >= 11 is 1.73. The van der Waals surface area contributed by atoms with Crippen molar-refractivity contribution in [1.29, 1.82) is 0 Å². The maximum atomic E-state index is 5.42. The van der Waals surface area contributed by atoms with Gasteiger partial charge in [0.05, 0.1) is 18.6 Å². The molecule has 2 rings (SSSR count). The molecule has 84 valence electrons. The molecule has 0 radical (unpaired) electrons. The van der Waals surface area contributed by atoms with Crippen LogP contribution in [-0.2, 0) is 11.3 Å². The van der Waals surface area contributed by atoms with Gasteiger partial charge in [0, 0.05) is 19.2 Å². The van der Waals surface area contributed by atoms with Crippen LogP contribution in [0.4, 0.5) is 0 Å². The Morgan fingerprint density at radius 2 is 2.60 bits per heavy atom. The second kappa shape index (κ2) is 5.49. The van der Waals surface area contributed by atoms with Crippen molar-refractivity contribution in [3.05, 3.63) is 16.3 Å². The summed E-state index contributed by atoms with van der Waals surface area (Å²) < 4.78 is 10.7. The fourth-order valence-electron chi connectivity index (χ4n) is 1.78. The zero-order valence-electron chi connectivity index (χ0n) is 8.99. The summed E-state index contributed by atoms with van der Waals surface area (Å²) in [4.78, 5) is 1.27. The monoisotopic (exact) mass is 227 g/mol. The van der Waals surface area contributed by atoms with Crippen LogP contribution in [0.15, 0.2) is 11.4 Å². The summed E-state index contributed by atoms with van der Waals surface area (Å²) in [5.41, 5.74) is 0. The van der Waals surface area contributed by atoms with E-state index in [0.717, 1.165) is 25.5 Å². The second-order valence-corrected chi connectivity index (χ2v) is 4.71. The Balaban J connectivity index is 1.81. The average Bonchev–Trinajstić information content (AvgIpc) is 2.75. The molecule has 0 aromatic carbocycles. The second-order valence-electron chi connectivity index (χ2n) is 3.71. The van der Waals surface area contributed by atoms with Gasteiger partial charge in [-0.1, -0.05) is 0 Å². The third-order valence-electron chi connectivity index (χ3n) is 2.64. The van der Waals surface area contributed by atoms with E-state index < -0.39 is 0 Å². The van der Waals surface area contributed by atoms with Crippen molar-refractivity contribution in [3.63, 3.8) is 0 Å². The minimum absolute atomic E-state index is 0.505. The number of rotatable bonds is 4. The van der Waals surface area contributed by atoms with Gasteiger partial charge in [-0.15, -0.1) is 11.3 Å². The van der Waals surface area contributed by atoms with Crippen LogP contribution in [0.5, 0.6) is 5.75 Å². The molecule has 0 saturated carbocycles. The first kappa shape index (κ1) is 10.9. The van der Waals surface area contributed by atoms with E-state index in [0.29, 0.717) is 6.04 Å². The van der Waals surface area contributed by atoms with Crippen molar-refractivity contribution in [1.82, 2.24) is 5.32 Å². The molecule has 0 aliphatic carbocycles. The number of hydrogen-bond acceptors (Lipinski definition) is 4. The van der Waals surface area contributed by atoms with Crippen molar-refractivity contribution in [2.45, 2.75) is 25.4 Å². The van der Waals surface area contributed by atoms with Crippen LogP contribution in [0.25, 0.3) is 0 Å². The highest BCUT2D eigenvalue weighted by molar-refractivity contribution is 7.10. The normalized spacial score (nSPS) is 21.5. The molecule has 15 heavy (non-hydrogen) atoms. The number of methoxy groups -OCH3 is 1. The molecular weight excluding hydrogens is 210 g/mol. The lowest BCUT2D eigenvalue weighted by molar-refractivity contribution is 0.0700. The Labute approximate surface area is 94.4 Å². The van der Waals surface area contributed by atoms with Gasteiger partial charge in [-0.25, -0.2) is 0 Å². The highest BCUT2D eigenvalue weighted by Gasteiger charge is 2.14. The smallest absolute Gasteiger partial charge is 0.134 e. The summed E-state index contributed by atoms with van der Waals surface area (Å²) in [6.45, 7) is 2.64. The first-order chi connectivity index (χ1) is 7.40. The molecule has 0 spiro atoms. The molecule has 1 fully saturated rings. The van der Waals surface area contributed by atoms with Crippen molar-refractivity contribution in [2.24, 2.45) is 0 Å². The zero-order valence-corrected chi connectivity index (χ0v) is 9.81. The Morgan fingerprint density at radius 1 is 1.67 bits per heavy atom. The molecule has 4 heteroatoms. The summed E-state index contributed by atoms with van der Waals surface area (Å²) in [5, 5.41) is 5.57. The number of nitrogens with one attached hydrogen (secondary N) is 1. The molecule has 0 bridgehead atoms. The summed E-state index contributed by atoms with van der Waals surface area (Å²) in [5.74, 6) is 0.990. The highest BCUT2D eigenvalue weighted by atomic mass is 32.1. The Kier molecular flexibility index (Phi) is 4.00. The highest BCUT2D eigenvalue weighted by Crippen LogP contribution is 2.24. The zero-order chi connectivity index (χ0) is 10.5. The molecule has 3 nitrogen and oxygen atoms in total. The van der Waals surface area contributed by atoms with Crippen LogP contribution in [-0.4, -0.2) is 26.4 Å². The van der Waals surface area contributed by atoms with Crippen LogP contribution in [0.1, 0.15) is 17.7 Å². The van der Waals surface area contributed by atoms with Gasteiger partial charge in [0.25, 0.3) is 0 Å². The molecule has 1 unspecified atom stereocenters. The predicted molar refractivity (Wildman–Crippen MR) is 61.6 cm³/mol. The van der Waals surface area contributed by atoms with Crippen LogP contribution in [0.3, 0.4) is 0 Å². The third kappa shape index (κ3) is 2.93. The van der Waals surface area contributed by atoms with Gasteiger partial charge in [-0.05, 0) is 24.3 Å². The lowest BCUT2D eigenvalue weighted by Crippen LogP contribution is -2.36. The van der Waals surface area contributed by atoms with Gasteiger partial charge in [-0.2, -0.15) is 0 Å². The Bertz CT molecular complexity index is 295. The minimum Gasteiger partial charge on any atom is -0.496 e. The molecule has 1 aliphatic rings. The number of thiophene rings is 1. The Hall–Kier alpha value is -0.580. The lowest BCUT2D eigenvalue weighted by atomic mass is 10.1. The molecule has 1 atom stereocenters. The van der Waals surface area contributed by atoms with E-state index in [1.54, 1.807) is 18.4 Å². The van der Waals surface area contributed by atoms with Gasteiger partial charge in [0.15, 0.2) is 0 Å². The van der Waals surface area contributed by atoms with E-state index in [2.05, 4.69) is 10.7 Å². The van der Waals surface area contributed by atoms with Gasteiger partial charge < -0.3 is 14.8 Å². The topological polar surface area (TPSA) is 30.5 Å². The standard InChI is InChI=1S/C11H17NO2S/c1-13-10-4-6-15-11(10)7-12-9-3-2-5-14-8-9/h4,6,9,12H,2-3,5,7-8H2,1H3. The largest absolute Gasteiger partial charge is 0.496 e. The van der Waals surface area contributed by atoms with Crippen molar-refractivity contribution in [2.75, 3.05) is 20.3 Å². The summed E-state index contributed by atoms with van der Waals surface area (Å²) in [6, 6.07) is 2.52. The quantitative estimate of drug-likeness (QED) is 0.853. The maximum Gasteiger partial charge on any atom is 0.134 e. The fourth-order valence-corrected chi connectivity index (χ4v) is 2.57. The van der Waals surface area contributed by atoms with E-state index in [1.807, 2.05) is 6.07 Å². The van der Waals surface area contributed by atoms with Crippen molar-refractivity contribution < 1.29 is 9.47 Å². The van der Waals surface area contributed by atoms with Gasteiger partial charge >= 0.3 is 0 Å². The summed E-state index contributed by atoms with van der Waals surface area (Å²) in [7, 11) is 1.72. The molecular formula is C11H17NO2S. The van der Waals surface area contributed by atoms with Crippen LogP contribution < -0.4 is 10.1 Å². The molecule has 1 N–H and O–H groups in total.